The summed E-state index contributed by atoms with van der Waals surface area (Å²) in [5, 5.41) is 29.2. The fraction of sp³-hybridized carbons (Fsp3) is 0.462. The Kier molecular flexibility index (Phi) is 4.37. The van der Waals surface area contributed by atoms with Crippen LogP contribution >= 0.6 is 0 Å². The molecule has 2 N–H and O–H groups in total. The van der Waals surface area contributed by atoms with Crippen LogP contribution in [0.4, 0.5) is 15.8 Å². The van der Waals surface area contributed by atoms with Gasteiger partial charge >= 0.3 is 5.97 Å². The number of halogens is 1. The van der Waals surface area contributed by atoms with E-state index in [0.29, 0.717) is 6.07 Å². The number of aliphatic hydroxyl groups excluding tert-OH is 1. The van der Waals surface area contributed by atoms with Gasteiger partial charge in [-0.2, -0.15) is 0 Å². The maximum Gasteiger partial charge on any atom is 0.338 e. The molecule has 0 aliphatic heterocycles. The Morgan fingerprint density at radius 2 is 2.14 bits per heavy atom. The highest BCUT2D eigenvalue weighted by Gasteiger charge is 2.31. The van der Waals surface area contributed by atoms with Gasteiger partial charge in [0.05, 0.1) is 23.2 Å². The molecule has 0 unspecified atom stereocenters. The van der Waals surface area contributed by atoms with Gasteiger partial charge in [-0.15, -0.1) is 0 Å². The summed E-state index contributed by atoms with van der Waals surface area (Å²) in [4.78, 5) is 23.0. The van der Waals surface area contributed by atoms with Gasteiger partial charge in [0, 0.05) is 12.6 Å². The number of carbonyl (C=O) groups is 1. The monoisotopic (exact) mass is 298 g/mol. The van der Waals surface area contributed by atoms with Crippen molar-refractivity contribution in [3.8, 4) is 0 Å². The smallest absolute Gasteiger partial charge is 0.338 e. The molecule has 1 aliphatic rings. The highest BCUT2D eigenvalue weighted by molar-refractivity contribution is 5.90. The fourth-order valence-corrected chi connectivity index (χ4v) is 2.40. The molecule has 1 saturated carbocycles. The molecule has 1 aliphatic carbocycles. The number of carboxylic acid groups (broad SMARTS) is 1. The molecule has 21 heavy (non-hydrogen) atoms. The third-order valence-corrected chi connectivity index (χ3v) is 3.66. The van der Waals surface area contributed by atoms with Crippen molar-refractivity contribution in [3.05, 3.63) is 33.6 Å². The van der Waals surface area contributed by atoms with Gasteiger partial charge < -0.3 is 15.1 Å². The molecule has 1 fully saturated rings. The van der Waals surface area contributed by atoms with E-state index in [9.17, 15) is 19.3 Å². The highest BCUT2D eigenvalue weighted by atomic mass is 19.1. The number of nitro benzene ring substituents is 1. The Hall–Kier alpha value is -2.22. The number of anilines is 1. The minimum absolute atomic E-state index is 0.00274. The van der Waals surface area contributed by atoms with Gasteiger partial charge in [-0.05, 0) is 25.3 Å². The normalized spacial score (nSPS) is 14.6. The Morgan fingerprint density at radius 3 is 2.57 bits per heavy atom. The molecule has 0 bridgehead atoms. The SMILES string of the molecule is O=C(O)c1cc(N(CCO)C2CCC2)c([N+](=O)[O-])cc1F. The number of hydrogen-bond acceptors (Lipinski definition) is 5. The second kappa shape index (κ2) is 6.04. The lowest BCUT2D eigenvalue weighted by Gasteiger charge is -2.38. The van der Waals surface area contributed by atoms with Crippen molar-refractivity contribution in [2.75, 3.05) is 18.1 Å². The van der Waals surface area contributed by atoms with Gasteiger partial charge in [0.25, 0.3) is 5.69 Å². The molecule has 8 heteroatoms. The number of nitrogens with zero attached hydrogens (tertiary/aromatic N) is 2. The maximum absolute atomic E-state index is 13.6. The minimum atomic E-state index is -1.48. The fourth-order valence-electron chi connectivity index (χ4n) is 2.40. The summed E-state index contributed by atoms with van der Waals surface area (Å²) in [7, 11) is 0. The van der Waals surface area contributed by atoms with Gasteiger partial charge in [0.1, 0.15) is 11.5 Å². The van der Waals surface area contributed by atoms with E-state index in [4.69, 9.17) is 10.2 Å². The molecule has 7 nitrogen and oxygen atoms in total. The average Bonchev–Trinajstić information content (AvgIpc) is 2.35. The minimum Gasteiger partial charge on any atom is -0.478 e. The number of hydrogen-bond donors (Lipinski definition) is 2. The van der Waals surface area contributed by atoms with E-state index in [1.807, 2.05) is 0 Å². The van der Waals surface area contributed by atoms with Crippen LogP contribution in [0.1, 0.15) is 29.6 Å². The molecular formula is C13H15FN2O5. The Labute approximate surface area is 119 Å². The van der Waals surface area contributed by atoms with Crippen LogP contribution in [0.15, 0.2) is 12.1 Å². The van der Waals surface area contributed by atoms with Crippen LogP contribution in [0.25, 0.3) is 0 Å². The van der Waals surface area contributed by atoms with Crippen molar-refractivity contribution in [3.63, 3.8) is 0 Å². The molecule has 1 aromatic rings. The molecule has 0 atom stereocenters. The molecule has 0 radical (unpaired) electrons. The summed E-state index contributed by atoms with van der Waals surface area (Å²) in [6, 6.07) is 1.61. The van der Waals surface area contributed by atoms with E-state index in [0.717, 1.165) is 25.3 Å². The third-order valence-electron chi connectivity index (χ3n) is 3.66. The first-order chi connectivity index (χ1) is 9.95. The predicted molar refractivity (Wildman–Crippen MR) is 72.1 cm³/mol. The average molecular weight is 298 g/mol. The third kappa shape index (κ3) is 2.94. The van der Waals surface area contributed by atoms with Crippen molar-refractivity contribution in [1.29, 1.82) is 0 Å². The summed E-state index contributed by atoms with van der Waals surface area (Å²) < 4.78 is 13.6. The molecule has 0 heterocycles. The van der Waals surface area contributed by atoms with Gasteiger partial charge in [0.2, 0.25) is 0 Å². The largest absolute Gasteiger partial charge is 0.478 e. The van der Waals surface area contributed by atoms with Crippen LogP contribution < -0.4 is 4.90 Å². The van der Waals surface area contributed by atoms with E-state index in [1.165, 1.54) is 0 Å². The summed E-state index contributed by atoms with van der Waals surface area (Å²) >= 11 is 0. The second-order valence-corrected chi connectivity index (χ2v) is 4.88. The summed E-state index contributed by atoms with van der Waals surface area (Å²) in [5.41, 5.74) is -1.06. The molecular weight excluding hydrogens is 283 g/mol. The molecule has 0 aromatic heterocycles. The van der Waals surface area contributed by atoms with E-state index in [1.54, 1.807) is 4.90 Å². The molecule has 1 aromatic carbocycles. The van der Waals surface area contributed by atoms with Crippen molar-refractivity contribution >= 4 is 17.3 Å². The quantitative estimate of drug-likeness (QED) is 0.613. The Bertz CT molecular complexity index is 574. The zero-order valence-corrected chi connectivity index (χ0v) is 11.2. The van der Waals surface area contributed by atoms with Crippen LogP contribution in [0.5, 0.6) is 0 Å². The number of aliphatic hydroxyl groups is 1. The first-order valence-electron chi connectivity index (χ1n) is 6.54. The second-order valence-electron chi connectivity index (χ2n) is 4.88. The number of carboxylic acids is 1. The number of benzene rings is 1. The highest BCUT2D eigenvalue weighted by Crippen LogP contribution is 2.36. The van der Waals surface area contributed by atoms with Crippen molar-refractivity contribution < 1.29 is 24.3 Å². The van der Waals surface area contributed by atoms with E-state index in [2.05, 4.69) is 0 Å². The summed E-state index contributed by atoms with van der Waals surface area (Å²) in [6.45, 7) is -0.0936. The standard InChI is InChI=1S/C13H15FN2O5/c14-10-7-12(16(20)21)11(6-9(10)13(18)19)15(4-5-17)8-2-1-3-8/h6-8,17H,1-5H2,(H,18,19). The van der Waals surface area contributed by atoms with Crippen LogP contribution in [0.3, 0.4) is 0 Å². The molecule has 0 spiro atoms. The lowest BCUT2D eigenvalue weighted by atomic mass is 9.90. The van der Waals surface area contributed by atoms with Crippen molar-refractivity contribution in [2.45, 2.75) is 25.3 Å². The lowest BCUT2D eigenvalue weighted by Crippen LogP contribution is -2.42. The van der Waals surface area contributed by atoms with Crippen LogP contribution in [-0.2, 0) is 0 Å². The summed E-state index contributed by atoms with van der Waals surface area (Å²) in [5.74, 6) is -2.63. The van der Waals surface area contributed by atoms with Crippen molar-refractivity contribution in [1.82, 2.24) is 0 Å². The molecule has 2 rings (SSSR count). The predicted octanol–water partition coefficient (Wildman–Crippen LogP) is 1.78. The van der Waals surface area contributed by atoms with Crippen molar-refractivity contribution in [2.24, 2.45) is 0 Å². The van der Waals surface area contributed by atoms with Gasteiger partial charge in [-0.3, -0.25) is 10.1 Å². The number of rotatable bonds is 6. The molecule has 0 saturated heterocycles. The number of aromatic carboxylic acids is 1. The van der Waals surface area contributed by atoms with Crippen LogP contribution in [0, 0.1) is 15.9 Å². The van der Waals surface area contributed by atoms with Crippen LogP contribution in [0.2, 0.25) is 0 Å². The maximum atomic E-state index is 13.6. The molecule has 114 valence electrons. The first kappa shape index (κ1) is 15.2. The lowest BCUT2D eigenvalue weighted by molar-refractivity contribution is -0.384. The zero-order valence-electron chi connectivity index (χ0n) is 11.2. The zero-order chi connectivity index (χ0) is 15.6. The van der Waals surface area contributed by atoms with Gasteiger partial charge in [-0.25, -0.2) is 9.18 Å². The van der Waals surface area contributed by atoms with Gasteiger partial charge in [-0.1, -0.05) is 0 Å². The number of nitro groups is 1. The first-order valence-corrected chi connectivity index (χ1v) is 6.54. The van der Waals surface area contributed by atoms with E-state index < -0.39 is 28.0 Å². The van der Waals surface area contributed by atoms with E-state index >= 15 is 0 Å². The molecule has 0 amide bonds. The van der Waals surface area contributed by atoms with E-state index in [-0.39, 0.29) is 24.9 Å². The van der Waals surface area contributed by atoms with Gasteiger partial charge in [0.15, 0.2) is 0 Å². The summed E-state index contributed by atoms with van der Waals surface area (Å²) in [6.07, 6.45) is 2.57. The van der Waals surface area contributed by atoms with Crippen LogP contribution in [-0.4, -0.2) is 40.3 Å². The Morgan fingerprint density at radius 1 is 1.48 bits per heavy atom. The topological polar surface area (TPSA) is 104 Å². The Balaban J connectivity index is 2.53.